The van der Waals surface area contributed by atoms with Gasteiger partial charge >= 0.3 is 11.9 Å². The van der Waals surface area contributed by atoms with Gasteiger partial charge in [-0.2, -0.15) is 18.3 Å². The molecule has 3 aromatic heterocycles. The molecule has 1 aliphatic rings. The highest BCUT2D eigenvalue weighted by molar-refractivity contribution is 5.65. The van der Waals surface area contributed by atoms with E-state index in [1.807, 2.05) is 0 Å². The van der Waals surface area contributed by atoms with Crippen LogP contribution in [0.3, 0.4) is 0 Å². The van der Waals surface area contributed by atoms with E-state index in [1.54, 1.807) is 18.3 Å². The predicted octanol–water partition coefficient (Wildman–Crippen LogP) is 2.04. The van der Waals surface area contributed by atoms with Crippen LogP contribution in [-0.4, -0.2) is 25.8 Å². The number of alkyl halides is 3. The van der Waals surface area contributed by atoms with Crippen molar-refractivity contribution in [1.29, 1.82) is 0 Å². The van der Waals surface area contributed by atoms with E-state index in [1.165, 1.54) is 16.8 Å². The summed E-state index contributed by atoms with van der Waals surface area (Å²) >= 11 is 0. The fraction of sp³-hybridized carbons (Fsp3) is 0.267. The van der Waals surface area contributed by atoms with Gasteiger partial charge in [0, 0.05) is 12.4 Å². The quantitative estimate of drug-likeness (QED) is 0.751. The zero-order chi connectivity index (χ0) is 17.1. The van der Waals surface area contributed by atoms with E-state index in [0.717, 1.165) is 0 Å². The predicted molar refractivity (Wildman–Crippen MR) is 78.8 cm³/mol. The molecular formula is C15H11F3N4O2. The highest BCUT2D eigenvalue weighted by atomic mass is 19.4. The first-order valence-electron chi connectivity index (χ1n) is 7.22. The summed E-state index contributed by atoms with van der Waals surface area (Å²) in [6.45, 7) is 0. The van der Waals surface area contributed by atoms with Crippen LogP contribution in [0.5, 0.6) is 0 Å². The normalized spacial score (nSPS) is 20.5. The number of aromatic amines is 2. The molecule has 0 amide bonds. The second-order valence-electron chi connectivity index (χ2n) is 5.80. The molecule has 3 aromatic rings. The second-order valence-corrected chi connectivity index (χ2v) is 5.80. The number of nitrogens with zero attached hydrogens (tertiary/aromatic N) is 2. The molecule has 0 aromatic carbocycles. The van der Waals surface area contributed by atoms with Crippen LogP contribution in [0, 0.1) is 5.92 Å². The molecule has 0 unspecified atom stereocenters. The van der Waals surface area contributed by atoms with Crippen molar-refractivity contribution in [3.63, 3.8) is 0 Å². The van der Waals surface area contributed by atoms with E-state index in [4.69, 9.17) is 0 Å². The van der Waals surface area contributed by atoms with Crippen LogP contribution in [0.4, 0.5) is 13.2 Å². The minimum Gasteiger partial charge on any atom is -0.313 e. The van der Waals surface area contributed by atoms with Gasteiger partial charge in [-0.3, -0.25) is 9.78 Å². The Morgan fingerprint density at radius 3 is 2.75 bits per heavy atom. The standard InChI is InChI=1S/C15H11F3N4O2/c16-15(17,18)10-4-7(10)8-5-11(21-22-3-1-2-12(8)22)9-6-19-14(24)20-13(9)23/h1-3,5-7,10H,4H2,(H2,19,20,23,24)/t7-,10+/m0/s1. The lowest BCUT2D eigenvalue weighted by molar-refractivity contribution is -0.148. The molecule has 2 atom stereocenters. The van der Waals surface area contributed by atoms with Gasteiger partial charge in [-0.25, -0.2) is 9.31 Å². The maximum atomic E-state index is 12.9. The van der Waals surface area contributed by atoms with Crippen LogP contribution in [0.25, 0.3) is 16.8 Å². The van der Waals surface area contributed by atoms with Crippen LogP contribution in [0.1, 0.15) is 17.9 Å². The second kappa shape index (κ2) is 4.83. The number of hydrogen-bond donors (Lipinski definition) is 2. The van der Waals surface area contributed by atoms with E-state index in [9.17, 15) is 22.8 Å². The molecule has 3 heterocycles. The molecule has 4 rings (SSSR count). The van der Waals surface area contributed by atoms with Crippen molar-refractivity contribution in [2.45, 2.75) is 18.5 Å². The highest BCUT2D eigenvalue weighted by Crippen LogP contribution is 2.57. The molecule has 9 heteroatoms. The van der Waals surface area contributed by atoms with Crippen LogP contribution in [0.15, 0.2) is 40.2 Å². The van der Waals surface area contributed by atoms with E-state index >= 15 is 0 Å². The van der Waals surface area contributed by atoms with Crippen molar-refractivity contribution < 1.29 is 13.2 Å². The SMILES string of the molecule is O=c1[nH]cc(-c2cc([C@@H]3C[C@H]3C(F)(F)F)c3cccn3n2)c(=O)[nH]1. The third kappa shape index (κ3) is 2.32. The Hall–Kier alpha value is -2.84. The molecule has 124 valence electrons. The van der Waals surface area contributed by atoms with Gasteiger partial charge in [-0.1, -0.05) is 0 Å². The highest BCUT2D eigenvalue weighted by Gasteiger charge is 2.56. The van der Waals surface area contributed by atoms with E-state index in [-0.39, 0.29) is 17.7 Å². The van der Waals surface area contributed by atoms with Crippen molar-refractivity contribution in [2.75, 3.05) is 0 Å². The molecule has 1 aliphatic carbocycles. The zero-order valence-corrected chi connectivity index (χ0v) is 12.1. The Kier molecular flexibility index (Phi) is 2.96. The number of rotatable bonds is 2. The number of H-pyrrole nitrogens is 2. The average molecular weight is 336 g/mol. The number of aromatic nitrogens is 4. The van der Waals surface area contributed by atoms with Crippen molar-refractivity contribution in [1.82, 2.24) is 19.6 Å². The van der Waals surface area contributed by atoms with Gasteiger partial charge in [0.2, 0.25) is 0 Å². The largest absolute Gasteiger partial charge is 0.392 e. The Labute approximate surface area is 132 Å². The number of nitrogens with one attached hydrogen (secondary N) is 2. The van der Waals surface area contributed by atoms with Gasteiger partial charge in [-0.15, -0.1) is 0 Å². The summed E-state index contributed by atoms with van der Waals surface area (Å²) < 4.78 is 40.2. The van der Waals surface area contributed by atoms with Crippen molar-refractivity contribution in [3.05, 3.63) is 57.0 Å². The summed E-state index contributed by atoms with van der Waals surface area (Å²) in [4.78, 5) is 27.5. The molecule has 2 N–H and O–H groups in total. The monoisotopic (exact) mass is 336 g/mol. The third-order valence-electron chi connectivity index (χ3n) is 4.24. The molecule has 0 spiro atoms. The Morgan fingerprint density at radius 2 is 2.08 bits per heavy atom. The molecule has 0 saturated heterocycles. The molecule has 0 aliphatic heterocycles. The van der Waals surface area contributed by atoms with Gasteiger partial charge in [-0.05, 0) is 36.1 Å². The first-order valence-corrected chi connectivity index (χ1v) is 7.22. The number of fused-ring (bicyclic) bond motifs is 1. The smallest absolute Gasteiger partial charge is 0.313 e. The number of halogens is 3. The zero-order valence-electron chi connectivity index (χ0n) is 12.1. The van der Waals surface area contributed by atoms with Crippen molar-refractivity contribution in [2.24, 2.45) is 5.92 Å². The average Bonchev–Trinajstić information content (AvgIpc) is 3.17. The molecule has 1 saturated carbocycles. The lowest BCUT2D eigenvalue weighted by Crippen LogP contribution is -2.23. The summed E-state index contributed by atoms with van der Waals surface area (Å²) in [5.41, 5.74) is 0.0705. The Balaban J connectivity index is 1.87. The summed E-state index contributed by atoms with van der Waals surface area (Å²) in [6.07, 6.45) is -1.41. The van der Waals surface area contributed by atoms with Gasteiger partial charge < -0.3 is 4.98 Å². The van der Waals surface area contributed by atoms with Gasteiger partial charge in [0.15, 0.2) is 0 Å². The van der Waals surface area contributed by atoms with Crippen LogP contribution >= 0.6 is 0 Å². The molecule has 6 nitrogen and oxygen atoms in total. The minimum absolute atomic E-state index is 0.0236. The van der Waals surface area contributed by atoms with Crippen molar-refractivity contribution in [3.8, 4) is 11.3 Å². The summed E-state index contributed by atoms with van der Waals surface area (Å²) in [5.74, 6) is -2.02. The van der Waals surface area contributed by atoms with E-state index < -0.39 is 29.3 Å². The fourth-order valence-corrected chi connectivity index (χ4v) is 2.98. The molecule has 0 radical (unpaired) electrons. The summed E-state index contributed by atoms with van der Waals surface area (Å²) in [7, 11) is 0. The fourth-order valence-electron chi connectivity index (χ4n) is 2.98. The van der Waals surface area contributed by atoms with Gasteiger partial charge in [0.1, 0.15) is 0 Å². The van der Waals surface area contributed by atoms with Gasteiger partial charge in [0.05, 0.1) is 22.7 Å². The Bertz CT molecular complexity index is 1050. The molecule has 1 fully saturated rings. The first kappa shape index (κ1) is 14.7. The van der Waals surface area contributed by atoms with Crippen LogP contribution in [-0.2, 0) is 0 Å². The summed E-state index contributed by atoms with van der Waals surface area (Å²) in [5, 5.41) is 4.25. The van der Waals surface area contributed by atoms with E-state index in [0.29, 0.717) is 11.1 Å². The maximum absolute atomic E-state index is 12.9. The topological polar surface area (TPSA) is 83.0 Å². The first-order chi connectivity index (χ1) is 11.3. The van der Waals surface area contributed by atoms with Crippen LogP contribution < -0.4 is 11.2 Å². The third-order valence-corrected chi connectivity index (χ3v) is 4.24. The molecule has 24 heavy (non-hydrogen) atoms. The van der Waals surface area contributed by atoms with Crippen LogP contribution in [0.2, 0.25) is 0 Å². The Morgan fingerprint density at radius 1 is 1.29 bits per heavy atom. The van der Waals surface area contributed by atoms with E-state index in [2.05, 4.69) is 15.1 Å². The molecular weight excluding hydrogens is 325 g/mol. The minimum atomic E-state index is -4.24. The molecule has 0 bridgehead atoms. The van der Waals surface area contributed by atoms with Gasteiger partial charge in [0.25, 0.3) is 5.56 Å². The lowest BCUT2D eigenvalue weighted by atomic mass is 10.1. The number of hydrogen-bond acceptors (Lipinski definition) is 3. The lowest BCUT2D eigenvalue weighted by Gasteiger charge is -2.09. The van der Waals surface area contributed by atoms with Crippen molar-refractivity contribution >= 4 is 5.52 Å². The maximum Gasteiger partial charge on any atom is 0.392 e. The summed E-state index contributed by atoms with van der Waals surface area (Å²) in [6, 6.07) is 4.86.